The molecule has 2 heterocycles. The second-order valence-electron chi connectivity index (χ2n) is 3.96. The van der Waals surface area contributed by atoms with Crippen LogP contribution < -0.4 is 5.73 Å². The van der Waals surface area contributed by atoms with E-state index in [1.54, 1.807) is 4.68 Å². The number of rotatable bonds is 2. The van der Waals surface area contributed by atoms with Gasteiger partial charge in [-0.3, -0.25) is 4.68 Å². The maximum atomic E-state index is 5.97. The number of nitrogens with zero attached hydrogens (tertiary/aromatic N) is 4. The van der Waals surface area contributed by atoms with Gasteiger partial charge in [0.2, 0.25) is 0 Å². The lowest BCUT2D eigenvalue weighted by Crippen LogP contribution is -1.97. The van der Waals surface area contributed by atoms with E-state index in [0.717, 1.165) is 22.1 Å². The van der Waals surface area contributed by atoms with E-state index in [1.165, 1.54) is 11.8 Å². The molecule has 6 heteroatoms. The lowest BCUT2D eigenvalue weighted by atomic mass is 10.4. The van der Waals surface area contributed by atoms with Gasteiger partial charge in [-0.25, -0.2) is 9.97 Å². The van der Waals surface area contributed by atoms with Crippen LogP contribution in [0.4, 0.5) is 5.69 Å². The van der Waals surface area contributed by atoms with Gasteiger partial charge in [-0.15, -0.1) is 0 Å². The fourth-order valence-corrected chi connectivity index (χ4v) is 2.58. The summed E-state index contributed by atoms with van der Waals surface area (Å²) >= 11 is 1.44. The number of anilines is 1. The van der Waals surface area contributed by atoms with Crippen LogP contribution in [0, 0.1) is 20.8 Å². The minimum atomic E-state index is 0.695. The number of nitrogens with two attached hydrogens (primary N) is 1. The van der Waals surface area contributed by atoms with Crippen LogP contribution in [0.15, 0.2) is 16.2 Å². The molecule has 0 aliphatic carbocycles. The Labute approximate surface area is 104 Å². The largest absolute Gasteiger partial charge is 0.395 e. The van der Waals surface area contributed by atoms with E-state index in [4.69, 9.17) is 5.73 Å². The van der Waals surface area contributed by atoms with Crippen molar-refractivity contribution < 1.29 is 0 Å². The first-order valence-electron chi connectivity index (χ1n) is 5.26. The van der Waals surface area contributed by atoms with E-state index in [-0.39, 0.29) is 0 Å². The van der Waals surface area contributed by atoms with Crippen LogP contribution in [-0.4, -0.2) is 19.7 Å². The molecule has 2 aromatic rings. The fourth-order valence-electron chi connectivity index (χ4n) is 1.60. The topological polar surface area (TPSA) is 69.6 Å². The van der Waals surface area contributed by atoms with Gasteiger partial charge in [0.1, 0.15) is 5.03 Å². The van der Waals surface area contributed by atoms with Crippen molar-refractivity contribution in [3.63, 3.8) is 0 Å². The molecule has 90 valence electrons. The quantitative estimate of drug-likeness (QED) is 0.823. The Balaban J connectivity index is 2.37. The summed E-state index contributed by atoms with van der Waals surface area (Å²) in [5.74, 6) is 0. The summed E-state index contributed by atoms with van der Waals surface area (Å²) < 4.78 is 1.76. The Kier molecular flexibility index (Phi) is 3.06. The summed E-state index contributed by atoms with van der Waals surface area (Å²) in [6, 6.07) is 1.95. The van der Waals surface area contributed by atoms with E-state index in [1.807, 2.05) is 33.9 Å². The molecule has 0 bridgehead atoms. The number of nitrogen functional groups attached to an aromatic ring is 1. The zero-order valence-electron chi connectivity index (χ0n) is 10.4. The van der Waals surface area contributed by atoms with E-state index in [0.29, 0.717) is 10.8 Å². The van der Waals surface area contributed by atoms with E-state index in [2.05, 4.69) is 15.1 Å². The molecule has 0 amide bonds. The van der Waals surface area contributed by atoms with Gasteiger partial charge in [-0.05, 0) is 38.6 Å². The van der Waals surface area contributed by atoms with Crippen molar-refractivity contribution in [2.45, 2.75) is 31.0 Å². The lowest BCUT2D eigenvalue weighted by molar-refractivity contribution is 0.691. The standard InChI is InChI=1S/C11H15N5S/c1-6-5-7(2)14-11(13-6)17-10-9(12)8(3)15-16(10)4/h5H,12H2,1-4H3. The molecule has 2 aromatic heterocycles. The van der Waals surface area contributed by atoms with Crippen LogP contribution in [-0.2, 0) is 7.05 Å². The van der Waals surface area contributed by atoms with Crippen molar-refractivity contribution in [3.8, 4) is 0 Å². The van der Waals surface area contributed by atoms with Crippen LogP contribution in [0.2, 0.25) is 0 Å². The van der Waals surface area contributed by atoms with Gasteiger partial charge in [0, 0.05) is 18.4 Å². The van der Waals surface area contributed by atoms with Crippen LogP contribution in [0.3, 0.4) is 0 Å². The summed E-state index contributed by atoms with van der Waals surface area (Å²) in [5, 5.41) is 5.85. The minimum Gasteiger partial charge on any atom is -0.395 e. The average molecular weight is 249 g/mol. The van der Waals surface area contributed by atoms with Crippen molar-refractivity contribution in [2.24, 2.45) is 7.05 Å². The third-order valence-electron chi connectivity index (χ3n) is 2.36. The first kappa shape index (κ1) is 11.9. The maximum absolute atomic E-state index is 5.97. The molecule has 0 spiro atoms. The van der Waals surface area contributed by atoms with Crippen molar-refractivity contribution in [3.05, 3.63) is 23.1 Å². The van der Waals surface area contributed by atoms with Gasteiger partial charge in [0.25, 0.3) is 0 Å². The van der Waals surface area contributed by atoms with Crippen LogP contribution in [0.5, 0.6) is 0 Å². The number of aromatic nitrogens is 4. The fraction of sp³-hybridized carbons (Fsp3) is 0.364. The number of hydrogen-bond acceptors (Lipinski definition) is 5. The highest BCUT2D eigenvalue weighted by Gasteiger charge is 2.13. The molecule has 0 radical (unpaired) electrons. The van der Waals surface area contributed by atoms with E-state index in [9.17, 15) is 0 Å². The SMILES string of the molecule is Cc1cc(C)nc(Sc2c(N)c(C)nn2C)n1. The first-order valence-corrected chi connectivity index (χ1v) is 6.08. The molecule has 0 saturated heterocycles. The zero-order valence-corrected chi connectivity index (χ0v) is 11.2. The molecule has 5 nitrogen and oxygen atoms in total. The molecule has 17 heavy (non-hydrogen) atoms. The third-order valence-corrected chi connectivity index (χ3v) is 3.41. The van der Waals surface area contributed by atoms with Crippen LogP contribution >= 0.6 is 11.8 Å². The summed E-state index contributed by atoms with van der Waals surface area (Å²) in [6.45, 7) is 5.80. The van der Waals surface area contributed by atoms with Crippen molar-refractivity contribution >= 4 is 17.4 Å². The van der Waals surface area contributed by atoms with Crippen LogP contribution in [0.25, 0.3) is 0 Å². The monoisotopic (exact) mass is 249 g/mol. The maximum Gasteiger partial charge on any atom is 0.194 e. The Hall–Kier alpha value is -1.56. The van der Waals surface area contributed by atoms with Crippen molar-refractivity contribution in [2.75, 3.05) is 5.73 Å². The Morgan fingerprint density at radius 1 is 1.18 bits per heavy atom. The Morgan fingerprint density at radius 3 is 2.24 bits per heavy atom. The minimum absolute atomic E-state index is 0.695. The van der Waals surface area contributed by atoms with Crippen molar-refractivity contribution in [1.29, 1.82) is 0 Å². The molecule has 0 aliphatic rings. The smallest absolute Gasteiger partial charge is 0.194 e. The molecule has 0 aliphatic heterocycles. The normalized spacial score (nSPS) is 10.8. The van der Waals surface area contributed by atoms with Gasteiger partial charge in [-0.2, -0.15) is 5.10 Å². The lowest BCUT2D eigenvalue weighted by Gasteiger charge is -2.04. The molecule has 2 rings (SSSR count). The van der Waals surface area contributed by atoms with Gasteiger partial charge in [-0.1, -0.05) is 0 Å². The first-order chi connectivity index (χ1) is 7.97. The summed E-state index contributed by atoms with van der Waals surface area (Å²) in [4.78, 5) is 8.75. The molecule has 0 unspecified atom stereocenters. The van der Waals surface area contributed by atoms with Crippen molar-refractivity contribution in [1.82, 2.24) is 19.7 Å². The van der Waals surface area contributed by atoms with Gasteiger partial charge in [0.15, 0.2) is 5.16 Å². The molecule has 0 aromatic carbocycles. The predicted molar refractivity (Wildman–Crippen MR) is 68.0 cm³/mol. The zero-order chi connectivity index (χ0) is 12.6. The highest BCUT2D eigenvalue weighted by atomic mass is 32.2. The second kappa shape index (κ2) is 4.37. The van der Waals surface area contributed by atoms with E-state index < -0.39 is 0 Å². The summed E-state index contributed by atoms with van der Waals surface area (Å²) in [5.41, 5.74) is 9.41. The molecular formula is C11H15N5S. The highest BCUT2D eigenvalue weighted by molar-refractivity contribution is 7.99. The Bertz CT molecular complexity index is 541. The second-order valence-corrected chi connectivity index (χ2v) is 4.92. The number of hydrogen-bond donors (Lipinski definition) is 1. The van der Waals surface area contributed by atoms with Gasteiger partial charge < -0.3 is 5.73 Å². The molecular weight excluding hydrogens is 234 g/mol. The average Bonchev–Trinajstić information content (AvgIpc) is 2.44. The van der Waals surface area contributed by atoms with Gasteiger partial charge in [0.05, 0.1) is 11.4 Å². The highest BCUT2D eigenvalue weighted by Crippen LogP contribution is 2.31. The van der Waals surface area contributed by atoms with Gasteiger partial charge >= 0.3 is 0 Å². The third kappa shape index (κ3) is 2.41. The summed E-state index contributed by atoms with van der Waals surface area (Å²) in [7, 11) is 1.87. The molecule has 0 atom stereocenters. The molecule has 2 N–H and O–H groups in total. The number of aryl methyl sites for hydroxylation is 4. The molecule has 0 fully saturated rings. The van der Waals surface area contributed by atoms with Crippen LogP contribution in [0.1, 0.15) is 17.1 Å². The van der Waals surface area contributed by atoms with E-state index >= 15 is 0 Å². The summed E-state index contributed by atoms with van der Waals surface area (Å²) in [6.07, 6.45) is 0. The Morgan fingerprint density at radius 2 is 1.76 bits per heavy atom. The molecule has 0 saturated carbocycles. The predicted octanol–water partition coefficient (Wildman–Crippen LogP) is 1.87.